The van der Waals surface area contributed by atoms with E-state index in [0.29, 0.717) is 37.8 Å². The van der Waals surface area contributed by atoms with Crippen LogP contribution in [0.1, 0.15) is 90.9 Å². The zero-order chi connectivity index (χ0) is 28.7. The summed E-state index contributed by atoms with van der Waals surface area (Å²) in [6.45, 7) is 6.46. The minimum Gasteiger partial charge on any atom is -0.494 e. The van der Waals surface area contributed by atoms with Crippen molar-refractivity contribution >= 4 is 23.6 Å². The predicted molar refractivity (Wildman–Crippen MR) is 161 cm³/mol. The summed E-state index contributed by atoms with van der Waals surface area (Å²) in [4.78, 5) is 24.0. The third kappa shape index (κ3) is 15.9. The zero-order valence-electron chi connectivity index (χ0n) is 24.4. The summed E-state index contributed by atoms with van der Waals surface area (Å²) in [7, 11) is 0. The van der Waals surface area contributed by atoms with Crippen LogP contribution in [0, 0.1) is 0 Å². The van der Waals surface area contributed by atoms with Gasteiger partial charge in [-0.25, -0.2) is 9.59 Å². The van der Waals surface area contributed by atoms with Crippen molar-refractivity contribution in [2.24, 2.45) is 0 Å². The Bertz CT molecular complexity index is 856. The van der Waals surface area contributed by atoms with E-state index in [1.165, 1.54) is 38.5 Å². The van der Waals surface area contributed by atoms with Crippen molar-refractivity contribution in [3.63, 3.8) is 0 Å². The van der Waals surface area contributed by atoms with Gasteiger partial charge in [0, 0.05) is 11.4 Å². The molecule has 0 saturated carbocycles. The van der Waals surface area contributed by atoms with Crippen LogP contribution < -0.4 is 20.1 Å². The van der Waals surface area contributed by atoms with Crippen LogP contribution in [0.3, 0.4) is 0 Å². The fourth-order valence-electron chi connectivity index (χ4n) is 3.90. The van der Waals surface area contributed by atoms with E-state index < -0.39 is 12.2 Å². The zero-order valence-corrected chi connectivity index (χ0v) is 24.4. The van der Waals surface area contributed by atoms with Crippen molar-refractivity contribution in [1.29, 1.82) is 0 Å². The summed E-state index contributed by atoms with van der Waals surface area (Å²) >= 11 is 0. The molecule has 0 unspecified atom stereocenters. The molecule has 0 bridgehead atoms. The summed E-state index contributed by atoms with van der Waals surface area (Å²) in [5, 5.41) is 5.45. The Labute approximate surface area is 240 Å². The lowest BCUT2D eigenvalue weighted by Gasteiger charge is -2.10. The van der Waals surface area contributed by atoms with Gasteiger partial charge in [0.25, 0.3) is 0 Å². The maximum atomic E-state index is 12.0. The summed E-state index contributed by atoms with van der Waals surface area (Å²) in [6, 6.07) is 14.6. The molecule has 0 atom stereocenters. The average Bonchev–Trinajstić information content (AvgIpc) is 2.96. The standard InChI is InChI=1S/C32H48N2O6/c1-3-5-7-11-23-37-29-19-15-27(16-20-29)33-31(35)39-25-13-9-10-14-26-40-32(36)34-28-17-21-30(22-18-28)38-24-12-8-6-4-2/h15-22H,3-14,23-26H2,1-2H3,(H,33,35)(H,34,36). The molecule has 0 fully saturated rings. The summed E-state index contributed by atoms with van der Waals surface area (Å²) in [6.07, 6.45) is 11.6. The van der Waals surface area contributed by atoms with Crippen molar-refractivity contribution < 1.29 is 28.5 Å². The third-order valence-electron chi connectivity index (χ3n) is 6.24. The Kier molecular flexibility index (Phi) is 17.5. The molecule has 0 saturated heterocycles. The van der Waals surface area contributed by atoms with Crippen LogP contribution in [0.5, 0.6) is 11.5 Å². The molecule has 0 heterocycles. The van der Waals surface area contributed by atoms with Crippen molar-refractivity contribution in [2.45, 2.75) is 90.9 Å². The Hall–Kier alpha value is -3.42. The van der Waals surface area contributed by atoms with Crippen molar-refractivity contribution in [3.05, 3.63) is 48.5 Å². The Morgan fingerprint density at radius 2 is 0.850 bits per heavy atom. The number of carbonyl (C=O) groups is 2. The second-order valence-corrected chi connectivity index (χ2v) is 9.80. The van der Waals surface area contributed by atoms with E-state index in [1.54, 1.807) is 24.3 Å². The molecule has 0 aliphatic heterocycles. The van der Waals surface area contributed by atoms with E-state index in [1.807, 2.05) is 24.3 Å². The molecule has 222 valence electrons. The minimum atomic E-state index is -0.472. The highest BCUT2D eigenvalue weighted by molar-refractivity contribution is 5.85. The highest BCUT2D eigenvalue weighted by Gasteiger charge is 2.05. The number of amides is 2. The minimum absolute atomic E-state index is 0.338. The molecule has 0 aliphatic rings. The van der Waals surface area contributed by atoms with Crippen molar-refractivity contribution in [2.75, 3.05) is 37.1 Å². The Morgan fingerprint density at radius 1 is 0.500 bits per heavy atom. The summed E-state index contributed by atoms with van der Waals surface area (Å²) < 4.78 is 21.9. The van der Waals surface area contributed by atoms with Crippen molar-refractivity contribution in [3.8, 4) is 11.5 Å². The molecule has 2 aromatic carbocycles. The fraction of sp³-hybridized carbons (Fsp3) is 0.562. The van der Waals surface area contributed by atoms with Gasteiger partial charge in [-0.1, -0.05) is 52.4 Å². The second-order valence-electron chi connectivity index (χ2n) is 9.80. The third-order valence-corrected chi connectivity index (χ3v) is 6.24. The average molecular weight is 557 g/mol. The molecule has 2 rings (SSSR count). The summed E-state index contributed by atoms with van der Waals surface area (Å²) in [5.74, 6) is 1.59. The van der Waals surface area contributed by atoms with E-state index in [9.17, 15) is 9.59 Å². The monoisotopic (exact) mass is 556 g/mol. The van der Waals surface area contributed by atoms with Crippen molar-refractivity contribution in [1.82, 2.24) is 0 Å². The molecule has 2 aromatic rings. The van der Waals surface area contributed by atoms with Crippen LogP contribution >= 0.6 is 0 Å². The summed E-state index contributed by atoms with van der Waals surface area (Å²) in [5.41, 5.74) is 1.33. The van der Waals surface area contributed by atoms with E-state index in [2.05, 4.69) is 24.5 Å². The van der Waals surface area contributed by atoms with Crippen LogP contribution in [0.15, 0.2) is 48.5 Å². The predicted octanol–water partition coefficient (Wildman–Crippen LogP) is 8.96. The van der Waals surface area contributed by atoms with E-state index in [4.69, 9.17) is 18.9 Å². The first kappa shape index (κ1) is 32.8. The van der Waals surface area contributed by atoms with Gasteiger partial charge in [0.05, 0.1) is 26.4 Å². The lowest BCUT2D eigenvalue weighted by atomic mass is 10.2. The maximum Gasteiger partial charge on any atom is 0.411 e. The molecular formula is C32H48N2O6. The first-order valence-corrected chi connectivity index (χ1v) is 14.9. The quantitative estimate of drug-likeness (QED) is 0.149. The fourth-order valence-corrected chi connectivity index (χ4v) is 3.90. The van der Waals surface area contributed by atoms with Gasteiger partial charge in [-0.3, -0.25) is 10.6 Å². The van der Waals surface area contributed by atoms with Gasteiger partial charge in [0.1, 0.15) is 11.5 Å². The van der Waals surface area contributed by atoms with Gasteiger partial charge < -0.3 is 18.9 Å². The number of hydrogen-bond acceptors (Lipinski definition) is 6. The maximum absolute atomic E-state index is 12.0. The number of hydrogen-bond donors (Lipinski definition) is 2. The largest absolute Gasteiger partial charge is 0.494 e. The second kappa shape index (κ2) is 21.4. The number of anilines is 2. The topological polar surface area (TPSA) is 95.1 Å². The molecule has 2 N–H and O–H groups in total. The molecule has 2 amide bonds. The Morgan fingerprint density at radius 3 is 1.23 bits per heavy atom. The number of nitrogens with one attached hydrogen (secondary N) is 2. The van der Waals surface area contributed by atoms with Gasteiger partial charge in [-0.15, -0.1) is 0 Å². The van der Waals surface area contributed by atoms with E-state index in [0.717, 1.165) is 50.0 Å². The first-order valence-electron chi connectivity index (χ1n) is 14.9. The number of ether oxygens (including phenoxy) is 4. The lowest BCUT2D eigenvalue weighted by molar-refractivity contribution is 0.153. The Balaban J connectivity index is 1.45. The first-order chi connectivity index (χ1) is 19.6. The molecule has 8 nitrogen and oxygen atoms in total. The lowest BCUT2D eigenvalue weighted by Crippen LogP contribution is -2.15. The van der Waals surface area contributed by atoms with Gasteiger partial charge in [-0.05, 0) is 87.1 Å². The van der Waals surface area contributed by atoms with Crippen LogP contribution in [0.25, 0.3) is 0 Å². The number of rotatable bonds is 21. The molecule has 0 aliphatic carbocycles. The number of carbonyl (C=O) groups excluding carboxylic acids is 2. The number of unbranched alkanes of at least 4 members (excludes halogenated alkanes) is 9. The van der Waals surface area contributed by atoms with Crippen LogP contribution in [0.4, 0.5) is 21.0 Å². The van der Waals surface area contributed by atoms with Crippen LogP contribution in [-0.4, -0.2) is 38.6 Å². The van der Waals surface area contributed by atoms with Gasteiger partial charge in [0.15, 0.2) is 0 Å². The van der Waals surface area contributed by atoms with Crippen LogP contribution in [-0.2, 0) is 9.47 Å². The van der Waals surface area contributed by atoms with E-state index in [-0.39, 0.29) is 0 Å². The smallest absolute Gasteiger partial charge is 0.411 e. The molecule has 8 heteroatoms. The molecule has 0 spiro atoms. The van der Waals surface area contributed by atoms with Gasteiger partial charge in [-0.2, -0.15) is 0 Å². The number of benzene rings is 2. The van der Waals surface area contributed by atoms with Crippen LogP contribution in [0.2, 0.25) is 0 Å². The molecule has 0 radical (unpaired) electrons. The van der Waals surface area contributed by atoms with Gasteiger partial charge in [0.2, 0.25) is 0 Å². The molecular weight excluding hydrogens is 508 g/mol. The van der Waals surface area contributed by atoms with Gasteiger partial charge >= 0.3 is 12.2 Å². The normalized spacial score (nSPS) is 10.6. The molecule has 40 heavy (non-hydrogen) atoms. The highest BCUT2D eigenvalue weighted by atomic mass is 16.6. The highest BCUT2D eigenvalue weighted by Crippen LogP contribution is 2.18. The SMILES string of the molecule is CCCCCCOc1ccc(NC(=O)OCCCCCCOC(=O)Nc2ccc(OCCCCCC)cc2)cc1. The molecule has 0 aromatic heterocycles. The van der Waals surface area contributed by atoms with E-state index >= 15 is 0 Å².